The molecular weight excluding hydrogens is 208 g/mol. The molecule has 1 unspecified atom stereocenters. The maximum absolute atomic E-state index is 12.0. The summed E-state index contributed by atoms with van der Waals surface area (Å²) in [6.45, 7) is 8.01. The Morgan fingerprint density at radius 1 is 1.62 bits per heavy atom. The van der Waals surface area contributed by atoms with Crippen molar-refractivity contribution >= 4 is 11.9 Å². The van der Waals surface area contributed by atoms with Crippen LogP contribution in [0.2, 0.25) is 0 Å². The monoisotopic (exact) mass is 228 g/mol. The highest BCUT2D eigenvalue weighted by atomic mass is 16.4. The first-order valence-electron chi connectivity index (χ1n) is 5.59. The van der Waals surface area contributed by atoms with Gasteiger partial charge >= 0.3 is 5.97 Å². The summed E-state index contributed by atoms with van der Waals surface area (Å²) in [5.41, 5.74) is -0.0150. The quantitative estimate of drug-likeness (QED) is 0.729. The molecule has 0 aliphatic carbocycles. The van der Waals surface area contributed by atoms with Crippen LogP contribution in [0.1, 0.15) is 27.2 Å². The Kier molecular flexibility index (Phi) is 3.91. The van der Waals surface area contributed by atoms with Gasteiger partial charge in [0.25, 0.3) is 0 Å². The lowest BCUT2D eigenvalue weighted by molar-refractivity contribution is -0.142. The van der Waals surface area contributed by atoms with E-state index >= 15 is 0 Å². The molecule has 1 aliphatic rings. The molecule has 5 heteroatoms. The molecule has 2 N–H and O–H groups in total. The minimum atomic E-state index is -0.943. The van der Waals surface area contributed by atoms with Crippen molar-refractivity contribution in [2.24, 2.45) is 5.41 Å². The Hall–Kier alpha value is -1.10. The summed E-state index contributed by atoms with van der Waals surface area (Å²) < 4.78 is 0. The molecule has 1 atom stereocenters. The van der Waals surface area contributed by atoms with E-state index in [0.717, 1.165) is 0 Å². The number of nitrogens with one attached hydrogen (secondary N) is 1. The zero-order valence-electron chi connectivity index (χ0n) is 10.1. The van der Waals surface area contributed by atoms with E-state index < -0.39 is 12.0 Å². The molecule has 1 rings (SSSR count). The average Bonchev–Trinajstić information content (AvgIpc) is 2.28. The van der Waals surface area contributed by atoms with Crippen LogP contribution >= 0.6 is 0 Å². The summed E-state index contributed by atoms with van der Waals surface area (Å²) in [6.07, 6.45) is -0.147. The van der Waals surface area contributed by atoms with Crippen LogP contribution < -0.4 is 5.32 Å². The Bertz CT molecular complexity index is 289. The highest BCUT2D eigenvalue weighted by molar-refractivity contribution is 5.86. The van der Waals surface area contributed by atoms with Gasteiger partial charge in [0.05, 0.1) is 12.5 Å². The molecule has 0 saturated carbocycles. The summed E-state index contributed by atoms with van der Waals surface area (Å²) in [5, 5.41) is 11.8. The summed E-state index contributed by atoms with van der Waals surface area (Å²) in [4.78, 5) is 24.4. The molecule has 92 valence electrons. The molecule has 1 heterocycles. The smallest absolute Gasteiger partial charge is 0.305 e. The van der Waals surface area contributed by atoms with Gasteiger partial charge in [0.15, 0.2) is 0 Å². The van der Waals surface area contributed by atoms with E-state index in [9.17, 15) is 9.59 Å². The summed E-state index contributed by atoms with van der Waals surface area (Å²) in [5.74, 6) is -1.04. The maximum atomic E-state index is 12.0. The second-order valence-electron chi connectivity index (χ2n) is 5.05. The van der Waals surface area contributed by atoms with Crippen molar-refractivity contribution in [3.05, 3.63) is 0 Å². The second-order valence-corrected chi connectivity index (χ2v) is 5.05. The van der Waals surface area contributed by atoms with Crippen LogP contribution in [0, 0.1) is 5.41 Å². The summed E-state index contributed by atoms with van der Waals surface area (Å²) in [7, 11) is 0. The predicted molar refractivity (Wildman–Crippen MR) is 60.1 cm³/mol. The standard InChI is InChI=1S/C11H20N2O3/c1-4-13-7-11(2,3)6-12-8(10(13)16)5-9(14)15/h8,12H,4-7H2,1-3H3,(H,14,15). The zero-order chi connectivity index (χ0) is 12.3. The van der Waals surface area contributed by atoms with Gasteiger partial charge in [0, 0.05) is 19.6 Å². The van der Waals surface area contributed by atoms with Gasteiger partial charge in [0.2, 0.25) is 5.91 Å². The number of carbonyl (C=O) groups excluding carboxylic acids is 1. The maximum Gasteiger partial charge on any atom is 0.305 e. The number of hydrogen-bond donors (Lipinski definition) is 2. The number of likely N-dealkylation sites (N-methyl/N-ethyl adjacent to an activating group) is 1. The molecule has 16 heavy (non-hydrogen) atoms. The van der Waals surface area contributed by atoms with Gasteiger partial charge in [-0.1, -0.05) is 13.8 Å². The number of carbonyl (C=O) groups is 2. The van der Waals surface area contributed by atoms with E-state index in [1.54, 1.807) is 4.90 Å². The lowest BCUT2D eigenvalue weighted by Gasteiger charge is -2.28. The number of hydrogen-bond acceptors (Lipinski definition) is 3. The van der Waals surface area contributed by atoms with Crippen LogP contribution in [0.4, 0.5) is 0 Å². The fourth-order valence-electron chi connectivity index (χ4n) is 1.96. The largest absolute Gasteiger partial charge is 0.481 e. The fraction of sp³-hybridized carbons (Fsp3) is 0.818. The minimum Gasteiger partial charge on any atom is -0.481 e. The topological polar surface area (TPSA) is 69.6 Å². The van der Waals surface area contributed by atoms with Gasteiger partial charge < -0.3 is 15.3 Å². The molecule has 1 amide bonds. The summed E-state index contributed by atoms with van der Waals surface area (Å²) in [6, 6.07) is -0.584. The van der Waals surface area contributed by atoms with Crippen LogP contribution in [0.5, 0.6) is 0 Å². The summed E-state index contributed by atoms with van der Waals surface area (Å²) >= 11 is 0. The molecule has 5 nitrogen and oxygen atoms in total. The zero-order valence-corrected chi connectivity index (χ0v) is 10.1. The number of aliphatic carboxylic acids is 1. The number of nitrogens with zero attached hydrogens (tertiary/aromatic N) is 1. The lowest BCUT2D eigenvalue weighted by atomic mass is 9.93. The van der Waals surface area contributed by atoms with Crippen LogP contribution in [0.25, 0.3) is 0 Å². The molecule has 0 spiro atoms. The fourth-order valence-corrected chi connectivity index (χ4v) is 1.96. The Morgan fingerprint density at radius 3 is 2.75 bits per heavy atom. The van der Waals surface area contributed by atoms with Crippen molar-refractivity contribution in [3.63, 3.8) is 0 Å². The van der Waals surface area contributed by atoms with Crippen molar-refractivity contribution < 1.29 is 14.7 Å². The third-order valence-electron chi connectivity index (χ3n) is 2.82. The molecule has 1 saturated heterocycles. The third-order valence-corrected chi connectivity index (χ3v) is 2.82. The third kappa shape index (κ3) is 3.20. The van der Waals surface area contributed by atoms with E-state index in [4.69, 9.17) is 5.11 Å². The predicted octanol–water partition coefficient (Wildman–Crippen LogP) is 0.308. The number of carboxylic acids is 1. The molecule has 0 radical (unpaired) electrons. The first-order chi connectivity index (χ1) is 7.35. The Labute approximate surface area is 95.8 Å². The normalized spacial score (nSPS) is 25.3. The molecule has 0 aromatic rings. The van der Waals surface area contributed by atoms with Gasteiger partial charge in [-0.3, -0.25) is 9.59 Å². The molecule has 1 aliphatic heterocycles. The molecule has 0 aromatic heterocycles. The van der Waals surface area contributed by atoms with Crippen molar-refractivity contribution in [2.75, 3.05) is 19.6 Å². The van der Waals surface area contributed by atoms with E-state index in [0.29, 0.717) is 19.6 Å². The number of carboxylic acid groups (broad SMARTS) is 1. The molecule has 0 bridgehead atoms. The lowest BCUT2D eigenvalue weighted by Crippen LogP contribution is -2.44. The first kappa shape index (κ1) is 13.0. The Morgan fingerprint density at radius 2 is 2.25 bits per heavy atom. The van der Waals surface area contributed by atoms with Gasteiger partial charge in [-0.05, 0) is 12.3 Å². The molecular formula is C11H20N2O3. The van der Waals surface area contributed by atoms with Crippen LogP contribution in [-0.2, 0) is 9.59 Å². The highest BCUT2D eigenvalue weighted by Gasteiger charge is 2.34. The van der Waals surface area contributed by atoms with Crippen LogP contribution in [0.15, 0.2) is 0 Å². The molecule has 1 fully saturated rings. The van der Waals surface area contributed by atoms with Gasteiger partial charge in [-0.25, -0.2) is 0 Å². The van der Waals surface area contributed by atoms with Crippen molar-refractivity contribution in [2.45, 2.75) is 33.2 Å². The molecule has 0 aromatic carbocycles. The van der Waals surface area contributed by atoms with Crippen LogP contribution in [-0.4, -0.2) is 47.6 Å². The van der Waals surface area contributed by atoms with Gasteiger partial charge in [0.1, 0.15) is 0 Å². The number of rotatable bonds is 3. The second kappa shape index (κ2) is 4.82. The Balaban J connectivity index is 2.80. The number of amides is 1. The van der Waals surface area contributed by atoms with E-state index in [1.165, 1.54) is 0 Å². The first-order valence-corrected chi connectivity index (χ1v) is 5.59. The van der Waals surface area contributed by atoms with Crippen molar-refractivity contribution in [3.8, 4) is 0 Å². The van der Waals surface area contributed by atoms with E-state index in [-0.39, 0.29) is 17.7 Å². The highest BCUT2D eigenvalue weighted by Crippen LogP contribution is 2.20. The van der Waals surface area contributed by atoms with Gasteiger partial charge in [-0.15, -0.1) is 0 Å². The SMILES string of the molecule is CCN1CC(C)(C)CNC(CC(=O)O)C1=O. The average molecular weight is 228 g/mol. The van der Waals surface area contributed by atoms with Crippen LogP contribution in [0.3, 0.4) is 0 Å². The van der Waals surface area contributed by atoms with Gasteiger partial charge in [-0.2, -0.15) is 0 Å². The minimum absolute atomic E-state index is 0.0150. The van der Waals surface area contributed by atoms with E-state index in [1.807, 2.05) is 6.92 Å². The van der Waals surface area contributed by atoms with Crippen molar-refractivity contribution in [1.29, 1.82) is 0 Å². The van der Waals surface area contributed by atoms with Crippen molar-refractivity contribution in [1.82, 2.24) is 10.2 Å². The van der Waals surface area contributed by atoms with E-state index in [2.05, 4.69) is 19.2 Å².